The summed E-state index contributed by atoms with van der Waals surface area (Å²) in [6.07, 6.45) is 1.57. The number of ether oxygens (including phenoxy) is 1. The second-order valence-corrected chi connectivity index (χ2v) is 5.61. The predicted molar refractivity (Wildman–Crippen MR) is 82.7 cm³/mol. The van der Waals surface area contributed by atoms with Gasteiger partial charge in [-0.15, -0.1) is 11.6 Å². The van der Waals surface area contributed by atoms with E-state index in [2.05, 4.69) is 4.98 Å². The van der Waals surface area contributed by atoms with Crippen molar-refractivity contribution in [3.63, 3.8) is 0 Å². The first-order chi connectivity index (χ1) is 10.2. The van der Waals surface area contributed by atoms with Crippen molar-refractivity contribution in [3.05, 3.63) is 42.2 Å². The van der Waals surface area contributed by atoms with E-state index in [1.54, 1.807) is 6.20 Å². The molecule has 1 amide bonds. The number of amides is 1. The largest absolute Gasteiger partial charge is 0.373 e. The van der Waals surface area contributed by atoms with Crippen molar-refractivity contribution >= 4 is 28.3 Å². The monoisotopic (exact) mass is 304 g/mol. The van der Waals surface area contributed by atoms with Crippen LogP contribution < -0.4 is 0 Å². The number of nitrogens with zero attached hydrogens (tertiary/aromatic N) is 2. The number of carbonyl (C=O) groups is 1. The minimum Gasteiger partial charge on any atom is -0.373 e. The third kappa shape index (κ3) is 2.74. The zero-order chi connectivity index (χ0) is 14.8. The van der Waals surface area contributed by atoms with Gasteiger partial charge in [-0.2, -0.15) is 0 Å². The van der Waals surface area contributed by atoms with Gasteiger partial charge in [-0.25, -0.2) is 0 Å². The Kier molecular flexibility index (Phi) is 4.08. The highest BCUT2D eigenvalue weighted by Crippen LogP contribution is 2.21. The third-order valence-corrected chi connectivity index (χ3v) is 4.16. The van der Waals surface area contributed by atoms with Gasteiger partial charge in [0.15, 0.2) is 0 Å². The predicted octanol–water partition coefficient (Wildman–Crippen LogP) is 2.70. The summed E-state index contributed by atoms with van der Waals surface area (Å²) < 4.78 is 5.60. The molecular weight excluding hydrogens is 288 g/mol. The van der Waals surface area contributed by atoms with Crippen LogP contribution in [-0.4, -0.2) is 47.0 Å². The molecule has 1 fully saturated rings. The van der Waals surface area contributed by atoms with E-state index in [4.69, 9.17) is 16.3 Å². The molecule has 5 heteroatoms. The van der Waals surface area contributed by atoms with E-state index in [-0.39, 0.29) is 18.1 Å². The highest BCUT2D eigenvalue weighted by molar-refractivity contribution is 6.18. The van der Waals surface area contributed by atoms with E-state index in [9.17, 15) is 4.79 Å². The molecule has 21 heavy (non-hydrogen) atoms. The zero-order valence-corrected chi connectivity index (χ0v) is 12.6. The van der Waals surface area contributed by atoms with Crippen LogP contribution in [0.4, 0.5) is 0 Å². The standard InChI is InChI=1S/C16H17ClN2O2/c1-11-10-21-13(8-17)9-19(11)16(20)15-14-5-3-2-4-12(14)6-7-18-15/h2-7,11,13H,8-10H2,1H3. The van der Waals surface area contributed by atoms with E-state index in [0.717, 1.165) is 10.8 Å². The summed E-state index contributed by atoms with van der Waals surface area (Å²) in [5.41, 5.74) is 0.496. The van der Waals surface area contributed by atoms with Crippen LogP contribution in [0.5, 0.6) is 0 Å². The molecule has 2 heterocycles. The van der Waals surface area contributed by atoms with Gasteiger partial charge in [0.2, 0.25) is 0 Å². The fourth-order valence-electron chi connectivity index (χ4n) is 2.62. The lowest BCUT2D eigenvalue weighted by molar-refractivity contribution is -0.0373. The molecule has 1 aromatic heterocycles. The maximum Gasteiger partial charge on any atom is 0.273 e. The number of alkyl halides is 1. The van der Waals surface area contributed by atoms with Crippen molar-refractivity contribution in [1.82, 2.24) is 9.88 Å². The Morgan fingerprint density at radius 1 is 1.43 bits per heavy atom. The van der Waals surface area contributed by atoms with E-state index in [1.165, 1.54) is 0 Å². The van der Waals surface area contributed by atoms with E-state index >= 15 is 0 Å². The van der Waals surface area contributed by atoms with Crippen LogP contribution in [-0.2, 0) is 4.74 Å². The van der Waals surface area contributed by atoms with Crippen LogP contribution in [0.3, 0.4) is 0 Å². The van der Waals surface area contributed by atoms with Gasteiger partial charge < -0.3 is 9.64 Å². The Morgan fingerprint density at radius 2 is 2.24 bits per heavy atom. The Bertz CT molecular complexity index is 656. The molecule has 1 aliphatic heterocycles. The maximum absolute atomic E-state index is 12.9. The van der Waals surface area contributed by atoms with Crippen molar-refractivity contribution in [3.8, 4) is 0 Å². The molecule has 0 saturated carbocycles. The number of fused-ring (bicyclic) bond motifs is 1. The molecule has 0 aliphatic carbocycles. The molecule has 110 valence electrons. The van der Waals surface area contributed by atoms with Crippen molar-refractivity contribution in [2.24, 2.45) is 0 Å². The number of carbonyl (C=O) groups excluding carboxylic acids is 1. The molecule has 0 radical (unpaired) electrons. The first kappa shape index (κ1) is 14.3. The summed E-state index contributed by atoms with van der Waals surface area (Å²) in [6.45, 7) is 3.00. The molecule has 0 N–H and O–H groups in total. The normalized spacial score (nSPS) is 22.5. The summed E-state index contributed by atoms with van der Waals surface area (Å²) >= 11 is 5.86. The summed E-state index contributed by atoms with van der Waals surface area (Å²) in [5.74, 6) is 0.331. The van der Waals surface area contributed by atoms with Crippen molar-refractivity contribution in [1.29, 1.82) is 0 Å². The number of benzene rings is 1. The maximum atomic E-state index is 12.9. The highest BCUT2D eigenvalue weighted by atomic mass is 35.5. The molecule has 0 bridgehead atoms. The minimum absolute atomic E-state index is 0.0257. The number of hydrogen-bond donors (Lipinski definition) is 0. The zero-order valence-electron chi connectivity index (χ0n) is 11.8. The van der Waals surface area contributed by atoms with Gasteiger partial charge in [0.05, 0.1) is 24.6 Å². The molecule has 4 nitrogen and oxygen atoms in total. The van der Waals surface area contributed by atoms with Gasteiger partial charge in [-0.3, -0.25) is 9.78 Å². The molecule has 2 unspecified atom stereocenters. The highest BCUT2D eigenvalue weighted by Gasteiger charge is 2.31. The molecule has 2 aromatic rings. The minimum atomic E-state index is -0.109. The van der Waals surface area contributed by atoms with Crippen molar-refractivity contribution < 1.29 is 9.53 Å². The Morgan fingerprint density at radius 3 is 3.05 bits per heavy atom. The van der Waals surface area contributed by atoms with Gasteiger partial charge in [0.25, 0.3) is 5.91 Å². The smallest absolute Gasteiger partial charge is 0.273 e. The van der Waals surface area contributed by atoms with Crippen molar-refractivity contribution in [2.45, 2.75) is 19.1 Å². The first-order valence-electron chi connectivity index (χ1n) is 7.03. The summed E-state index contributed by atoms with van der Waals surface area (Å²) in [5, 5.41) is 1.90. The molecule has 3 rings (SSSR count). The number of pyridine rings is 1. The number of aromatic nitrogens is 1. The van der Waals surface area contributed by atoms with Crippen LogP contribution >= 0.6 is 11.6 Å². The Hall–Kier alpha value is -1.65. The lowest BCUT2D eigenvalue weighted by Gasteiger charge is -2.37. The van der Waals surface area contributed by atoms with E-state index in [1.807, 2.05) is 42.2 Å². The average molecular weight is 305 g/mol. The van der Waals surface area contributed by atoms with Crippen LogP contribution in [0.2, 0.25) is 0 Å². The number of hydrogen-bond acceptors (Lipinski definition) is 3. The SMILES string of the molecule is CC1COC(CCl)CN1C(=O)c1nccc2ccccc12. The molecule has 1 saturated heterocycles. The quantitative estimate of drug-likeness (QED) is 0.801. The average Bonchev–Trinajstić information content (AvgIpc) is 2.54. The molecule has 0 spiro atoms. The number of morpholine rings is 1. The fourth-order valence-corrected chi connectivity index (χ4v) is 2.81. The first-order valence-corrected chi connectivity index (χ1v) is 7.56. The second kappa shape index (κ2) is 6.00. The lowest BCUT2D eigenvalue weighted by atomic mass is 10.1. The molecular formula is C16H17ClN2O2. The van der Waals surface area contributed by atoms with E-state index < -0.39 is 0 Å². The molecule has 1 aliphatic rings. The van der Waals surface area contributed by atoms with Crippen molar-refractivity contribution in [2.75, 3.05) is 19.0 Å². The fraction of sp³-hybridized carbons (Fsp3) is 0.375. The van der Waals surface area contributed by atoms with Gasteiger partial charge >= 0.3 is 0 Å². The summed E-state index contributed by atoms with van der Waals surface area (Å²) in [6, 6.07) is 9.73. The van der Waals surface area contributed by atoms with Gasteiger partial charge in [-0.1, -0.05) is 24.3 Å². The van der Waals surface area contributed by atoms with E-state index in [0.29, 0.717) is 24.7 Å². The number of halogens is 1. The number of rotatable bonds is 2. The van der Waals surface area contributed by atoms with Crippen LogP contribution in [0, 0.1) is 0 Å². The Labute approximate surface area is 128 Å². The van der Waals surface area contributed by atoms with Crippen LogP contribution in [0.1, 0.15) is 17.4 Å². The topological polar surface area (TPSA) is 42.4 Å². The van der Waals surface area contributed by atoms with Crippen LogP contribution in [0.15, 0.2) is 36.5 Å². The van der Waals surface area contributed by atoms with Gasteiger partial charge in [0.1, 0.15) is 5.69 Å². The molecule has 2 atom stereocenters. The van der Waals surface area contributed by atoms with Crippen LogP contribution in [0.25, 0.3) is 10.8 Å². The third-order valence-electron chi connectivity index (χ3n) is 3.81. The summed E-state index contributed by atoms with van der Waals surface area (Å²) in [4.78, 5) is 19.0. The molecule has 1 aromatic carbocycles. The summed E-state index contributed by atoms with van der Waals surface area (Å²) in [7, 11) is 0. The van der Waals surface area contributed by atoms with Gasteiger partial charge in [0, 0.05) is 18.1 Å². The Balaban J connectivity index is 1.96. The second-order valence-electron chi connectivity index (χ2n) is 5.30. The lowest BCUT2D eigenvalue weighted by Crippen LogP contribution is -2.51. The van der Waals surface area contributed by atoms with Gasteiger partial charge in [-0.05, 0) is 18.4 Å².